The van der Waals surface area contributed by atoms with Gasteiger partial charge < -0.3 is 20.1 Å². The molecule has 0 radical (unpaired) electrons. The maximum Gasteiger partial charge on any atom is 0.305 e. The summed E-state index contributed by atoms with van der Waals surface area (Å²) < 4.78 is 4.53. The summed E-state index contributed by atoms with van der Waals surface area (Å²) in [6, 6.07) is 0. The van der Waals surface area contributed by atoms with Crippen molar-refractivity contribution in [3.63, 3.8) is 0 Å². The van der Waals surface area contributed by atoms with Crippen LogP contribution in [0.25, 0.3) is 0 Å². The second-order valence-electron chi connectivity index (χ2n) is 6.13. The molecular weight excluding hydrogens is 332 g/mol. The molecule has 0 rings (SSSR count). The van der Waals surface area contributed by atoms with Crippen LogP contribution in [-0.2, 0) is 9.53 Å². The molecule has 148 valence electrons. The van der Waals surface area contributed by atoms with Crippen molar-refractivity contribution < 1.29 is 24.9 Å². The quantitative estimate of drug-likeness (QED) is 0.250. The Kier molecular flexibility index (Phi) is 15.7. The van der Waals surface area contributed by atoms with Gasteiger partial charge in [0.05, 0.1) is 25.4 Å². The van der Waals surface area contributed by atoms with Gasteiger partial charge in [-0.25, -0.2) is 0 Å². The Morgan fingerprint density at radius 1 is 0.885 bits per heavy atom. The number of rotatable bonds is 14. The van der Waals surface area contributed by atoms with Crippen LogP contribution >= 0.6 is 0 Å². The number of methoxy groups -OCH3 is 1. The number of aliphatic hydroxyl groups is 3. The van der Waals surface area contributed by atoms with Gasteiger partial charge in [-0.3, -0.25) is 4.79 Å². The van der Waals surface area contributed by atoms with Crippen molar-refractivity contribution >= 4 is 5.97 Å². The van der Waals surface area contributed by atoms with Gasteiger partial charge in [0.15, 0.2) is 0 Å². The van der Waals surface area contributed by atoms with Gasteiger partial charge in [-0.2, -0.15) is 0 Å². The first kappa shape index (κ1) is 24.3. The van der Waals surface area contributed by atoms with Crippen LogP contribution in [0.15, 0.2) is 48.6 Å². The molecule has 0 aromatic carbocycles. The Labute approximate surface area is 157 Å². The lowest BCUT2D eigenvalue weighted by molar-refractivity contribution is -0.140. The summed E-state index contributed by atoms with van der Waals surface area (Å²) in [5.74, 6) is -0.266. The highest BCUT2D eigenvalue weighted by Gasteiger charge is 2.11. The smallest absolute Gasteiger partial charge is 0.305 e. The largest absolute Gasteiger partial charge is 0.469 e. The molecule has 0 aliphatic carbocycles. The van der Waals surface area contributed by atoms with E-state index in [1.165, 1.54) is 7.11 Å². The summed E-state index contributed by atoms with van der Waals surface area (Å²) in [5, 5.41) is 29.3. The van der Waals surface area contributed by atoms with Crippen molar-refractivity contribution in [3.8, 4) is 0 Å². The van der Waals surface area contributed by atoms with Crippen molar-refractivity contribution in [1.29, 1.82) is 0 Å². The number of carbonyl (C=O) groups is 1. The Balaban J connectivity index is 3.96. The molecule has 26 heavy (non-hydrogen) atoms. The minimum Gasteiger partial charge on any atom is -0.469 e. The van der Waals surface area contributed by atoms with Crippen LogP contribution in [0.2, 0.25) is 0 Å². The lowest BCUT2D eigenvalue weighted by Gasteiger charge is -2.13. The molecule has 0 saturated carbocycles. The minimum absolute atomic E-state index is 0.266. The van der Waals surface area contributed by atoms with E-state index in [4.69, 9.17) is 0 Å². The van der Waals surface area contributed by atoms with E-state index in [-0.39, 0.29) is 5.97 Å². The lowest BCUT2D eigenvalue weighted by Crippen LogP contribution is -2.23. The molecule has 3 atom stereocenters. The first-order chi connectivity index (χ1) is 12.5. The number of carbonyl (C=O) groups excluding carboxylic acids is 1. The molecule has 3 N–H and O–H groups in total. The average Bonchev–Trinajstić information content (AvgIpc) is 2.63. The Morgan fingerprint density at radius 3 is 2.12 bits per heavy atom. The standard InChI is InChI=1S/C21H34O5/c1-3-4-9-15-19(23)20(24)16-11-8-6-5-7-10-13-18(22)14-12-17-21(25)26-2/h5-8,10-11,13,16,18-20,22-24H,3-4,9,12,14-15,17H2,1-2H3/b7-5+,8-6-,13-10+,16-11+/t18-,19-,20-/m1/s1. The molecule has 0 fully saturated rings. The number of hydrogen-bond donors (Lipinski definition) is 3. The van der Waals surface area contributed by atoms with Gasteiger partial charge in [0, 0.05) is 6.42 Å². The zero-order valence-corrected chi connectivity index (χ0v) is 16.0. The van der Waals surface area contributed by atoms with Crippen molar-refractivity contribution in [1.82, 2.24) is 0 Å². The summed E-state index contributed by atoms with van der Waals surface area (Å²) in [7, 11) is 1.35. The van der Waals surface area contributed by atoms with Crippen molar-refractivity contribution in [2.75, 3.05) is 7.11 Å². The summed E-state index contributed by atoms with van der Waals surface area (Å²) in [6.07, 6.45) is 16.7. The van der Waals surface area contributed by atoms with Gasteiger partial charge in [-0.05, 0) is 19.3 Å². The Hall–Kier alpha value is -1.69. The molecular formula is C21H34O5. The molecule has 0 aliphatic heterocycles. The van der Waals surface area contributed by atoms with E-state index in [0.29, 0.717) is 25.7 Å². The van der Waals surface area contributed by atoms with Crippen molar-refractivity contribution in [3.05, 3.63) is 48.6 Å². The fourth-order valence-electron chi connectivity index (χ4n) is 2.18. The van der Waals surface area contributed by atoms with Gasteiger partial charge >= 0.3 is 5.97 Å². The van der Waals surface area contributed by atoms with E-state index in [1.54, 1.807) is 48.6 Å². The monoisotopic (exact) mass is 366 g/mol. The molecule has 0 spiro atoms. The van der Waals surface area contributed by atoms with Crippen LogP contribution < -0.4 is 0 Å². The highest BCUT2D eigenvalue weighted by atomic mass is 16.5. The van der Waals surface area contributed by atoms with Gasteiger partial charge in [0.1, 0.15) is 0 Å². The summed E-state index contributed by atoms with van der Waals surface area (Å²) in [6.45, 7) is 2.10. The molecule has 0 heterocycles. The van der Waals surface area contributed by atoms with Gasteiger partial charge in [0.2, 0.25) is 0 Å². The zero-order chi connectivity index (χ0) is 19.6. The van der Waals surface area contributed by atoms with Crippen LogP contribution in [-0.4, -0.2) is 46.7 Å². The van der Waals surface area contributed by atoms with Crippen LogP contribution in [0.1, 0.15) is 51.9 Å². The fraction of sp³-hybridized carbons (Fsp3) is 0.571. The highest BCUT2D eigenvalue weighted by Crippen LogP contribution is 2.07. The summed E-state index contributed by atoms with van der Waals surface area (Å²) in [5.41, 5.74) is 0. The lowest BCUT2D eigenvalue weighted by atomic mass is 10.1. The minimum atomic E-state index is -0.847. The highest BCUT2D eigenvalue weighted by molar-refractivity contribution is 5.68. The third-order valence-electron chi connectivity index (χ3n) is 3.80. The van der Waals surface area contributed by atoms with Crippen LogP contribution in [0, 0.1) is 0 Å². The predicted octanol–water partition coefficient (Wildman–Crippen LogP) is 3.22. The van der Waals surface area contributed by atoms with Gasteiger partial charge in [0.25, 0.3) is 0 Å². The topological polar surface area (TPSA) is 87.0 Å². The Bertz CT molecular complexity index is 465. The second-order valence-corrected chi connectivity index (χ2v) is 6.13. The third-order valence-corrected chi connectivity index (χ3v) is 3.80. The molecule has 5 nitrogen and oxygen atoms in total. The number of allylic oxidation sites excluding steroid dienone is 6. The number of hydrogen-bond acceptors (Lipinski definition) is 5. The fourth-order valence-corrected chi connectivity index (χ4v) is 2.18. The summed E-state index contributed by atoms with van der Waals surface area (Å²) in [4.78, 5) is 10.9. The van der Waals surface area contributed by atoms with Crippen molar-refractivity contribution in [2.24, 2.45) is 0 Å². The second kappa shape index (κ2) is 16.8. The van der Waals surface area contributed by atoms with Crippen LogP contribution in [0.4, 0.5) is 0 Å². The maximum atomic E-state index is 10.9. The maximum absolute atomic E-state index is 10.9. The van der Waals surface area contributed by atoms with E-state index in [1.807, 2.05) is 0 Å². The molecule has 0 aromatic rings. The molecule has 0 aromatic heterocycles. The normalized spacial score (nSPS) is 16.0. The molecule has 0 bridgehead atoms. The predicted molar refractivity (Wildman–Crippen MR) is 105 cm³/mol. The first-order valence-corrected chi connectivity index (χ1v) is 9.30. The van der Waals surface area contributed by atoms with E-state index in [0.717, 1.165) is 19.3 Å². The number of ether oxygens (including phenoxy) is 1. The average molecular weight is 366 g/mol. The van der Waals surface area contributed by atoms with Crippen molar-refractivity contribution in [2.45, 2.75) is 70.2 Å². The molecule has 0 saturated heterocycles. The van der Waals surface area contributed by atoms with E-state index < -0.39 is 18.3 Å². The molecule has 0 amide bonds. The SMILES string of the molecule is CCCCC[C@@H](O)[C@H](O)/C=C/C=C\C=C\C=C\[C@@H](O)CCCC(=O)OC. The van der Waals surface area contributed by atoms with E-state index in [9.17, 15) is 20.1 Å². The number of esters is 1. The van der Waals surface area contributed by atoms with E-state index in [2.05, 4.69) is 11.7 Å². The van der Waals surface area contributed by atoms with Crippen LogP contribution in [0.5, 0.6) is 0 Å². The molecule has 0 unspecified atom stereocenters. The zero-order valence-electron chi connectivity index (χ0n) is 16.0. The van der Waals surface area contributed by atoms with E-state index >= 15 is 0 Å². The molecule has 0 aliphatic rings. The number of unbranched alkanes of at least 4 members (excludes halogenated alkanes) is 2. The Morgan fingerprint density at radius 2 is 1.50 bits per heavy atom. The summed E-state index contributed by atoms with van der Waals surface area (Å²) >= 11 is 0. The van der Waals surface area contributed by atoms with Gasteiger partial charge in [-0.1, -0.05) is 74.8 Å². The molecule has 5 heteroatoms. The third kappa shape index (κ3) is 14.6. The number of aliphatic hydroxyl groups excluding tert-OH is 3. The van der Waals surface area contributed by atoms with Crippen LogP contribution in [0.3, 0.4) is 0 Å². The first-order valence-electron chi connectivity index (χ1n) is 9.30. The van der Waals surface area contributed by atoms with Gasteiger partial charge in [-0.15, -0.1) is 0 Å².